The van der Waals surface area contributed by atoms with Gasteiger partial charge >= 0.3 is 5.97 Å². The number of nitrogens with zero attached hydrogens (tertiary/aromatic N) is 4. The Morgan fingerprint density at radius 2 is 1.57 bits per heavy atom. The van der Waals surface area contributed by atoms with E-state index in [1.807, 2.05) is 26.0 Å². The Morgan fingerprint density at radius 3 is 2.12 bits per heavy atom. The van der Waals surface area contributed by atoms with Crippen LogP contribution in [0.4, 0.5) is 0 Å². The predicted octanol–water partition coefficient (Wildman–Crippen LogP) is 5.59. The molecule has 3 heterocycles. The standard InChI is InChI=1S/C35H40N4O3/c1-26-31(34(41)42-3)32(28-15-19-36-20-16-28)33(27(2)37-26)39(25-40)22-10-21-38-23-17-35(18-24-38,29-11-6-4-7-12-29)30-13-8-5-9-14-30/h4-9,11-16,19-20,25,31-32H,10,17-18,21-24H2,1-3H3. The van der Waals surface area contributed by atoms with E-state index in [1.165, 1.54) is 18.2 Å². The summed E-state index contributed by atoms with van der Waals surface area (Å²) >= 11 is 0. The minimum atomic E-state index is -0.607. The third-order valence-corrected chi connectivity index (χ3v) is 8.99. The number of piperidine rings is 1. The highest BCUT2D eigenvalue weighted by Gasteiger charge is 2.41. The lowest BCUT2D eigenvalue weighted by Gasteiger charge is -2.43. The fourth-order valence-corrected chi connectivity index (χ4v) is 6.87. The van der Waals surface area contributed by atoms with Crippen LogP contribution in [0.3, 0.4) is 0 Å². The predicted molar refractivity (Wildman–Crippen MR) is 165 cm³/mol. The Labute approximate surface area is 248 Å². The van der Waals surface area contributed by atoms with Crippen LogP contribution in [0.1, 0.15) is 55.7 Å². The van der Waals surface area contributed by atoms with Gasteiger partial charge in [0, 0.05) is 36.0 Å². The normalized spacial score (nSPS) is 20.5. The summed E-state index contributed by atoms with van der Waals surface area (Å²) in [6.07, 6.45) is 7.20. The number of methoxy groups -OCH3 is 1. The number of hydrogen-bond donors (Lipinski definition) is 0. The van der Waals surface area contributed by atoms with Gasteiger partial charge in [0.1, 0.15) is 5.92 Å². The number of allylic oxidation sites excluding steroid dienone is 2. The van der Waals surface area contributed by atoms with Crippen LogP contribution < -0.4 is 0 Å². The van der Waals surface area contributed by atoms with Gasteiger partial charge in [-0.1, -0.05) is 60.7 Å². The van der Waals surface area contributed by atoms with E-state index >= 15 is 0 Å². The summed E-state index contributed by atoms with van der Waals surface area (Å²) in [6.45, 7) is 7.16. The third-order valence-electron chi connectivity index (χ3n) is 8.99. The molecule has 0 aliphatic carbocycles. The number of aliphatic imine (C=N–C) groups is 1. The number of carbonyl (C=O) groups excluding carboxylic acids is 2. The van der Waals surface area contributed by atoms with Gasteiger partial charge in [-0.2, -0.15) is 0 Å². The van der Waals surface area contributed by atoms with Crippen molar-refractivity contribution in [3.05, 3.63) is 113 Å². The maximum absolute atomic E-state index is 12.9. The van der Waals surface area contributed by atoms with Crippen molar-refractivity contribution in [1.82, 2.24) is 14.8 Å². The summed E-state index contributed by atoms with van der Waals surface area (Å²) < 4.78 is 5.18. The van der Waals surface area contributed by atoms with Crippen molar-refractivity contribution in [2.24, 2.45) is 10.9 Å². The first-order valence-electron chi connectivity index (χ1n) is 14.8. The molecule has 2 aliphatic heterocycles. The number of hydrogen-bond acceptors (Lipinski definition) is 6. The first-order chi connectivity index (χ1) is 20.5. The SMILES string of the molecule is COC(=O)C1C(C)=NC(C)=C(N(C=O)CCCN2CCC(c3ccccc3)(c3ccccc3)CC2)C1c1ccncc1. The molecule has 1 saturated heterocycles. The second-order valence-electron chi connectivity index (χ2n) is 11.3. The molecule has 1 amide bonds. The van der Waals surface area contributed by atoms with Crippen LogP contribution in [0, 0.1) is 5.92 Å². The maximum atomic E-state index is 12.9. The number of benzene rings is 2. The van der Waals surface area contributed by atoms with Crippen LogP contribution in [0.2, 0.25) is 0 Å². The van der Waals surface area contributed by atoms with E-state index in [2.05, 4.69) is 70.5 Å². The minimum absolute atomic E-state index is 0.00833. The summed E-state index contributed by atoms with van der Waals surface area (Å²) in [5.41, 5.74) is 5.85. The monoisotopic (exact) mass is 564 g/mol. The van der Waals surface area contributed by atoms with Crippen LogP contribution in [-0.2, 0) is 19.7 Å². The zero-order valence-electron chi connectivity index (χ0n) is 24.8. The molecule has 42 heavy (non-hydrogen) atoms. The van der Waals surface area contributed by atoms with Crippen molar-refractivity contribution in [3.8, 4) is 0 Å². The van der Waals surface area contributed by atoms with E-state index in [4.69, 9.17) is 9.73 Å². The largest absolute Gasteiger partial charge is 0.468 e. The molecule has 2 aliphatic rings. The molecule has 7 heteroatoms. The molecule has 2 unspecified atom stereocenters. The Bertz CT molecular complexity index is 1370. The van der Waals surface area contributed by atoms with E-state index in [-0.39, 0.29) is 17.3 Å². The van der Waals surface area contributed by atoms with Gasteiger partial charge in [0.05, 0.1) is 18.5 Å². The molecule has 1 aromatic heterocycles. The number of ether oxygens (including phenoxy) is 1. The van der Waals surface area contributed by atoms with Gasteiger partial charge in [-0.15, -0.1) is 0 Å². The fraction of sp³-hybridized carbons (Fsp3) is 0.371. The second-order valence-corrected chi connectivity index (χ2v) is 11.3. The van der Waals surface area contributed by atoms with Gasteiger partial charge in [-0.3, -0.25) is 19.6 Å². The van der Waals surface area contributed by atoms with Gasteiger partial charge < -0.3 is 14.5 Å². The van der Waals surface area contributed by atoms with Crippen molar-refractivity contribution in [3.63, 3.8) is 0 Å². The molecule has 1 fully saturated rings. The van der Waals surface area contributed by atoms with E-state index < -0.39 is 5.92 Å². The Morgan fingerprint density at radius 1 is 0.976 bits per heavy atom. The fourth-order valence-electron chi connectivity index (χ4n) is 6.87. The number of likely N-dealkylation sites (tertiary alicyclic amines) is 1. The first kappa shape index (κ1) is 29.4. The molecule has 2 atom stereocenters. The topological polar surface area (TPSA) is 75.1 Å². The molecule has 0 N–H and O–H groups in total. The van der Waals surface area contributed by atoms with E-state index in [0.717, 1.165) is 62.3 Å². The third kappa shape index (κ3) is 5.93. The van der Waals surface area contributed by atoms with Crippen molar-refractivity contribution >= 4 is 18.1 Å². The molecular formula is C35H40N4O3. The summed E-state index contributed by atoms with van der Waals surface area (Å²) in [6, 6.07) is 25.5. The van der Waals surface area contributed by atoms with E-state index in [0.29, 0.717) is 12.3 Å². The van der Waals surface area contributed by atoms with Crippen molar-refractivity contribution < 1.29 is 14.3 Å². The van der Waals surface area contributed by atoms with Crippen LogP contribution >= 0.6 is 0 Å². The highest BCUT2D eigenvalue weighted by atomic mass is 16.5. The number of pyridine rings is 1. The molecule has 7 nitrogen and oxygen atoms in total. The lowest BCUT2D eigenvalue weighted by molar-refractivity contribution is -0.143. The second kappa shape index (κ2) is 13.3. The zero-order valence-corrected chi connectivity index (χ0v) is 24.8. The highest BCUT2D eigenvalue weighted by molar-refractivity contribution is 6.03. The van der Waals surface area contributed by atoms with Crippen LogP contribution in [0.15, 0.2) is 102 Å². The van der Waals surface area contributed by atoms with E-state index in [9.17, 15) is 9.59 Å². The lowest BCUT2D eigenvalue weighted by atomic mass is 9.68. The van der Waals surface area contributed by atoms with Crippen molar-refractivity contribution in [1.29, 1.82) is 0 Å². The van der Waals surface area contributed by atoms with Crippen molar-refractivity contribution in [2.75, 3.05) is 33.3 Å². The Kier molecular flexibility index (Phi) is 9.28. The average molecular weight is 565 g/mol. The van der Waals surface area contributed by atoms with Gasteiger partial charge in [-0.25, -0.2) is 0 Å². The zero-order chi connectivity index (χ0) is 29.5. The molecule has 5 rings (SSSR count). The smallest absolute Gasteiger partial charge is 0.315 e. The number of carbonyl (C=O) groups is 2. The minimum Gasteiger partial charge on any atom is -0.468 e. The Hall–Kier alpha value is -4.10. The molecule has 0 spiro atoms. The first-order valence-corrected chi connectivity index (χ1v) is 14.8. The summed E-state index contributed by atoms with van der Waals surface area (Å²) in [4.78, 5) is 38.6. The van der Waals surface area contributed by atoms with Crippen LogP contribution in [0.5, 0.6) is 0 Å². The van der Waals surface area contributed by atoms with E-state index in [1.54, 1.807) is 17.3 Å². The van der Waals surface area contributed by atoms with Gasteiger partial charge in [0.25, 0.3) is 0 Å². The van der Waals surface area contributed by atoms with Crippen molar-refractivity contribution in [2.45, 2.75) is 44.4 Å². The van der Waals surface area contributed by atoms with Gasteiger partial charge in [0.2, 0.25) is 6.41 Å². The van der Waals surface area contributed by atoms with Crippen LogP contribution in [0.25, 0.3) is 0 Å². The summed E-state index contributed by atoms with van der Waals surface area (Å²) in [5, 5.41) is 0. The molecule has 218 valence electrons. The number of esters is 1. The molecule has 0 bridgehead atoms. The number of amides is 1. The quantitative estimate of drug-likeness (QED) is 0.237. The maximum Gasteiger partial charge on any atom is 0.315 e. The number of rotatable bonds is 10. The molecule has 0 saturated carbocycles. The summed E-state index contributed by atoms with van der Waals surface area (Å²) in [5.74, 6) is -1.34. The van der Waals surface area contributed by atoms with Gasteiger partial charge in [-0.05, 0) is 81.6 Å². The lowest BCUT2D eigenvalue weighted by Crippen LogP contribution is -2.44. The highest BCUT2D eigenvalue weighted by Crippen LogP contribution is 2.42. The van der Waals surface area contributed by atoms with Crippen LogP contribution in [-0.4, -0.2) is 66.2 Å². The number of aromatic nitrogens is 1. The average Bonchev–Trinajstić information content (AvgIpc) is 3.04. The molecule has 0 radical (unpaired) electrons. The molecule has 3 aromatic rings. The van der Waals surface area contributed by atoms with Gasteiger partial charge in [0.15, 0.2) is 0 Å². The Balaban J connectivity index is 1.30. The molecular weight excluding hydrogens is 524 g/mol. The summed E-state index contributed by atoms with van der Waals surface area (Å²) in [7, 11) is 1.39. The molecule has 2 aromatic carbocycles.